The predicted octanol–water partition coefficient (Wildman–Crippen LogP) is 4.57. The highest BCUT2D eigenvalue weighted by atomic mass is 28.4. The third-order valence-electron chi connectivity index (χ3n) is 4.94. The van der Waals surface area contributed by atoms with Gasteiger partial charge < -0.3 is 9.16 Å². The molecule has 0 fully saturated rings. The highest BCUT2D eigenvalue weighted by Crippen LogP contribution is 2.43. The van der Waals surface area contributed by atoms with Gasteiger partial charge in [-0.15, -0.1) is 0 Å². The van der Waals surface area contributed by atoms with Crippen molar-refractivity contribution in [3.05, 3.63) is 23.8 Å². The number of hydrogen-bond acceptors (Lipinski definition) is 4. The van der Waals surface area contributed by atoms with Crippen molar-refractivity contribution in [2.75, 3.05) is 6.61 Å². The van der Waals surface area contributed by atoms with Crippen molar-refractivity contribution in [2.24, 2.45) is 0 Å². The number of ether oxygens (including phenoxy) is 1. The lowest BCUT2D eigenvalue weighted by molar-refractivity contribution is -0.134. The minimum atomic E-state index is -2.02. The molecule has 0 saturated carbocycles. The van der Waals surface area contributed by atoms with Gasteiger partial charge in [0, 0.05) is 6.08 Å². The molecular formula is C19H32O4Si. The molecule has 1 aliphatic rings. The molecule has 0 saturated heterocycles. The summed E-state index contributed by atoms with van der Waals surface area (Å²) in [7, 11) is -2.02. The van der Waals surface area contributed by atoms with Crippen LogP contribution in [0.25, 0.3) is 0 Å². The monoisotopic (exact) mass is 352 g/mol. The Morgan fingerprint density at radius 3 is 2.17 bits per heavy atom. The van der Waals surface area contributed by atoms with Crippen molar-refractivity contribution >= 4 is 20.6 Å². The van der Waals surface area contributed by atoms with E-state index in [1.54, 1.807) is 6.08 Å². The van der Waals surface area contributed by atoms with Crippen molar-refractivity contribution in [2.45, 2.75) is 77.1 Å². The highest BCUT2D eigenvalue weighted by molar-refractivity contribution is 6.77. The van der Waals surface area contributed by atoms with Gasteiger partial charge in [-0.3, -0.25) is 4.79 Å². The summed E-state index contributed by atoms with van der Waals surface area (Å²) in [4.78, 5) is 22.0. The van der Waals surface area contributed by atoms with E-state index < -0.39 is 8.32 Å². The van der Waals surface area contributed by atoms with E-state index in [-0.39, 0.29) is 12.1 Å². The molecule has 0 N–H and O–H groups in total. The van der Waals surface area contributed by atoms with Crippen LogP contribution >= 0.6 is 0 Å². The van der Waals surface area contributed by atoms with Crippen molar-refractivity contribution < 1.29 is 18.8 Å². The molecule has 0 bridgehead atoms. The van der Waals surface area contributed by atoms with E-state index in [9.17, 15) is 9.59 Å². The number of esters is 1. The first-order valence-electron chi connectivity index (χ1n) is 8.90. The fourth-order valence-electron chi connectivity index (χ4n) is 3.92. The predicted molar refractivity (Wildman–Crippen MR) is 99.4 cm³/mol. The number of allylic oxidation sites excluding steroid dienone is 1. The molecule has 0 spiro atoms. The Bertz CT molecular complexity index is 470. The van der Waals surface area contributed by atoms with Gasteiger partial charge in [-0.25, -0.2) is 4.79 Å². The number of aldehydes is 1. The molecule has 1 aliphatic heterocycles. The van der Waals surface area contributed by atoms with Crippen molar-refractivity contribution in [1.29, 1.82) is 0 Å². The van der Waals surface area contributed by atoms with E-state index in [4.69, 9.17) is 9.16 Å². The lowest BCUT2D eigenvalue weighted by Gasteiger charge is -2.44. The SMILES string of the molecule is CC(C)[Si](O[C@H](/C=C/C=O)CCC1=CC(=O)OC1)(C(C)C)C(C)C. The molecule has 1 heterocycles. The van der Waals surface area contributed by atoms with Gasteiger partial charge in [0.2, 0.25) is 8.32 Å². The Balaban J connectivity index is 2.93. The summed E-state index contributed by atoms with van der Waals surface area (Å²) in [5.41, 5.74) is 2.46. The highest BCUT2D eigenvalue weighted by Gasteiger charge is 2.46. The second-order valence-electron chi connectivity index (χ2n) is 7.44. The summed E-state index contributed by atoms with van der Waals surface area (Å²) in [6.45, 7) is 13.9. The van der Waals surface area contributed by atoms with Crippen LogP contribution in [0.15, 0.2) is 23.8 Å². The van der Waals surface area contributed by atoms with Crippen LogP contribution in [0, 0.1) is 0 Å². The van der Waals surface area contributed by atoms with Gasteiger partial charge in [0.15, 0.2) is 0 Å². The molecule has 0 aliphatic carbocycles. The van der Waals surface area contributed by atoms with Crippen LogP contribution in [-0.4, -0.2) is 33.3 Å². The summed E-state index contributed by atoms with van der Waals surface area (Å²) >= 11 is 0. The van der Waals surface area contributed by atoms with Gasteiger partial charge in [-0.1, -0.05) is 47.6 Å². The molecule has 1 atom stereocenters. The summed E-state index contributed by atoms with van der Waals surface area (Å²) in [6, 6.07) is 0. The Morgan fingerprint density at radius 2 is 1.75 bits per heavy atom. The van der Waals surface area contributed by atoms with Crippen molar-refractivity contribution in [3.8, 4) is 0 Å². The molecule has 0 amide bonds. The lowest BCUT2D eigenvalue weighted by Crippen LogP contribution is -2.50. The molecule has 5 heteroatoms. The molecule has 0 aromatic rings. The fraction of sp³-hybridized carbons (Fsp3) is 0.684. The normalized spacial score (nSPS) is 17.0. The topological polar surface area (TPSA) is 52.6 Å². The van der Waals surface area contributed by atoms with Gasteiger partial charge in [-0.2, -0.15) is 0 Å². The second-order valence-corrected chi connectivity index (χ2v) is 12.9. The fourth-order valence-corrected chi connectivity index (χ4v) is 9.46. The molecule has 0 aromatic heterocycles. The lowest BCUT2D eigenvalue weighted by atomic mass is 10.1. The average Bonchev–Trinajstić information content (AvgIpc) is 2.91. The van der Waals surface area contributed by atoms with E-state index in [0.717, 1.165) is 24.7 Å². The largest absolute Gasteiger partial charge is 0.458 e. The maximum atomic E-state index is 11.2. The molecule has 0 aromatic carbocycles. The van der Waals surface area contributed by atoms with Crippen LogP contribution in [0.4, 0.5) is 0 Å². The third kappa shape index (κ3) is 5.15. The van der Waals surface area contributed by atoms with Crippen molar-refractivity contribution in [1.82, 2.24) is 0 Å². The Labute approximate surface area is 147 Å². The van der Waals surface area contributed by atoms with Gasteiger partial charge in [0.25, 0.3) is 0 Å². The van der Waals surface area contributed by atoms with Crippen LogP contribution in [0.5, 0.6) is 0 Å². The molecule has 136 valence electrons. The Morgan fingerprint density at radius 1 is 1.17 bits per heavy atom. The molecule has 24 heavy (non-hydrogen) atoms. The smallest absolute Gasteiger partial charge is 0.331 e. The first kappa shape index (κ1) is 20.8. The van der Waals surface area contributed by atoms with Crippen molar-refractivity contribution in [3.63, 3.8) is 0 Å². The van der Waals surface area contributed by atoms with E-state index in [1.807, 2.05) is 6.08 Å². The Hall–Kier alpha value is -1.20. The zero-order valence-corrected chi connectivity index (χ0v) is 16.9. The molecule has 0 radical (unpaired) electrons. The zero-order chi connectivity index (χ0) is 18.3. The van der Waals surface area contributed by atoms with E-state index in [0.29, 0.717) is 23.2 Å². The van der Waals surface area contributed by atoms with Crippen LogP contribution in [0.1, 0.15) is 54.4 Å². The maximum absolute atomic E-state index is 11.2. The van der Waals surface area contributed by atoms with Gasteiger partial charge >= 0.3 is 5.97 Å². The van der Waals surface area contributed by atoms with Gasteiger partial charge in [0.05, 0.1) is 6.10 Å². The van der Waals surface area contributed by atoms with Gasteiger partial charge in [0.1, 0.15) is 12.9 Å². The minimum Gasteiger partial charge on any atom is -0.458 e. The van der Waals surface area contributed by atoms with Crippen LogP contribution in [0.3, 0.4) is 0 Å². The van der Waals surface area contributed by atoms with E-state index >= 15 is 0 Å². The first-order chi connectivity index (χ1) is 11.2. The summed E-state index contributed by atoms with van der Waals surface area (Å²) in [6.07, 6.45) is 7.15. The van der Waals surface area contributed by atoms with E-state index in [1.165, 1.54) is 6.08 Å². The minimum absolute atomic E-state index is 0.106. The zero-order valence-electron chi connectivity index (χ0n) is 15.9. The Kier molecular flexibility index (Phi) is 8.10. The number of carbonyl (C=O) groups is 2. The number of carbonyl (C=O) groups excluding carboxylic acids is 2. The average molecular weight is 353 g/mol. The van der Waals surface area contributed by atoms with E-state index in [2.05, 4.69) is 41.5 Å². The summed E-state index contributed by atoms with van der Waals surface area (Å²) in [5, 5.41) is 0. The number of hydrogen-bond donors (Lipinski definition) is 0. The van der Waals surface area contributed by atoms with Gasteiger partial charge in [-0.05, 0) is 41.1 Å². The first-order valence-corrected chi connectivity index (χ1v) is 11.0. The second kappa shape index (κ2) is 9.32. The maximum Gasteiger partial charge on any atom is 0.331 e. The standard InChI is InChI=1S/C19H32O4Si/c1-14(2)24(15(3)4,16(5)6)23-18(8-7-11-20)10-9-17-12-19(21)22-13-17/h7-8,11-12,14-16,18H,9-10,13H2,1-6H3/b8-7+/t18-/m1/s1. The number of cyclic esters (lactones) is 1. The summed E-state index contributed by atoms with van der Waals surface area (Å²) in [5.74, 6) is -0.263. The quantitative estimate of drug-likeness (QED) is 0.250. The van der Waals surface area contributed by atoms with Crippen LogP contribution < -0.4 is 0 Å². The molecule has 1 rings (SSSR count). The van der Waals surface area contributed by atoms with Crippen LogP contribution in [-0.2, 0) is 18.8 Å². The molecule has 4 nitrogen and oxygen atoms in total. The molecular weight excluding hydrogens is 320 g/mol. The van der Waals surface area contributed by atoms with Crippen LogP contribution in [0.2, 0.25) is 16.6 Å². The number of rotatable bonds is 10. The summed E-state index contributed by atoms with van der Waals surface area (Å²) < 4.78 is 11.7. The molecule has 0 unspecified atom stereocenters. The third-order valence-corrected chi connectivity index (χ3v) is 11.1.